The first-order chi connectivity index (χ1) is 8.90. The van der Waals surface area contributed by atoms with Crippen molar-refractivity contribution in [3.63, 3.8) is 0 Å². The van der Waals surface area contributed by atoms with Crippen LogP contribution in [0.3, 0.4) is 0 Å². The summed E-state index contributed by atoms with van der Waals surface area (Å²) in [5.41, 5.74) is 2.67. The molecule has 2 aromatic rings. The molecule has 0 amide bonds. The molecule has 1 aromatic carbocycles. The first-order valence-electron chi connectivity index (χ1n) is 6.66. The van der Waals surface area contributed by atoms with Crippen molar-refractivity contribution in [1.29, 1.82) is 5.26 Å². The standard InChI is InChI=1S/C16H20N2O/c1-5-8-18-14-7-6-11(19)9-12(14)13(10-17)15(18)16(2,3)4/h6-7,9,19H,5,8H2,1-4H3. The summed E-state index contributed by atoms with van der Waals surface area (Å²) in [5.74, 6) is 0.207. The van der Waals surface area contributed by atoms with Crippen LogP contribution in [0.15, 0.2) is 18.2 Å². The normalized spacial score (nSPS) is 11.7. The van der Waals surface area contributed by atoms with Gasteiger partial charge in [-0.2, -0.15) is 5.26 Å². The zero-order valence-electron chi connectivity index (χ0n) is 12.0. The van der Waals surface area contributed by atoms with Gasteiger partial charge in [-0.3, -0.25) is 0 Å². The topological polar surface area (TPSA) is 49.0 Å². The van der Waals surface area contributed by atoms with Crippen LogP contribution in [0.2, 0.25) is 0 Å². The van der Waals surface area contributed by atoms with Crippen LogP contribution in [0.4, 0.5) is 0 Å². The molecule has 1 aromatic heterocycles. The van der Waals surface area contributed by atoms with Crippen molar-refractivity contribution >= 4 is 10.9 Å². The van der Waals surface area contributed by atoms with Gasteiger partial charge in [-0.15, -0.1) is 0 Å². The fourth-order valence-electron chi connectivity index (χ4n) is 2.69. The largest absolute Gasteiger partial charge is 0.508 e. The summed E-state index contributed by atoms with van der Waals surface area (Å²) in [6.45, 7) is 9.37. The smallest absolute Gasteiger partial charge is 0.116 e. The van der Waals surface area contributed by atoms with Gasteiger partial charge in [0.15, 0.2) is 0 Å². The number of phenolic OH excluding ortho intramolecular Hbond substituents is 1. The second-order valence-electron chi connectivity index (χ2n) is 5.94. The molecular formula is C16H20N2O. The molecule has 0 radical (unpaired) electrons. The van der Waals surface area contributed by atoms with Crippen molar-refractivity contribution in [3.05, 3.63) is 29.5 Å². The number of nitriles is 1. The third kappa shape index (κ3) is 2.19. The molecule has 3 nitrogen and oxygen atoms in total. The van der Waals surface area contributed by atoms with E-state index in [-0.39, 0.29) is 11.2 Å². The molecule has 3 heteroatoms. The van der Waals surface area contributed by atoms with Gasteiger partial charge in [-0.05, 0) is 24.6 Å². The predicted octanol–water partition coefficient (Wildman–Crippen LogP) is 3.93. The van der Waals surface area contributed by atoms with Gasteiger partial charge in [0.25, 0.3) is 0 Å². The van der Waals surface area contributed by atoms with E-state index < -0.39 is 0 Å². The van der Waals surface area contributed by atoms with Crippen LogP contribution in [0.25, 0.3) is 10.9 Å². The van der Waals surface area contributed by atoms with Crippen LogP contribution in [0.5, 0.6) is 5.75 Å². The van der Waals surface area contributed by atoms with Crippen molar-refractivity contribution in [2.24, 2.45) is 0 Å². The SMILES string of the molecule is CCCn1c(C(C)(C)C)c(C#N)c2cc(O)ccc21. The Balaban J connectivity index is 2.91. The number of aromatic hydroxyl groups is 1. The summed E-state index contributed by atoms with van der Waals surface area (Å²) in [6.07, 6.45) is 1.01. The third-order valence-electron chi connectivity index (χ3n) is 3.32. The highest BCUT2D eigenvalue weighted by atomic mass is 16.3. The Bertz CT molecular complexity index is 654. The first-order valence-corrected chi connectivity index (χ1v) is 6.66. The number of aromatic nitrogens is 1. The van der Waals surface area contributed by atoms with Crippen molar-refractivity contribution in [2.45, 2.75) is 46.1 Å². The van der Waals surface area contributed by atoms with E-state index in [0.717, 1.165) is 29.6 Å². The number of fused-ring (bicyclic) bond motifs is 1. The Morgan fingerprint density at radius 1 is 1.32 bits per heavy atom. The molecule has 0 bridgehead atoms. The molecule has 0 aliphatic carbocycles. The fourth-order valence-corrected chi connectivity index (χ4v) is 2.69. The Morgan fingerprint density at radius 3 is 2.53 bits per heavy atom. The van der Waals surface area contributed by atoms with Gasteiger partial charge in [0.2, 0.25) is 0 Å². The van der Waals surface area contributed by atoms with Crippen molar-refractivity contribution < 1.29 is 5.11 Å². The molecule has 0 spiro atoms. The minimum atomic E-state index is -0.102. The fraction of sp³-hybridized carbons (Fsp3) is 0.438. The molecule has 100 valence electrons. The molecule has 1 heterocycles. The van der Waals surface area contributed by atoms with Gasteiger partial charge >= 0.3 is 0 Å². The number of phenols is 1. The first kappa shape index (κ1) is 13.5. The second kappa shape index (κ2) is 4.62. The second-order valence-corrected chi connectivity index (χ2v) is 5.94. The zero-order valence-corrected chi connectivity index (χ0v) is 12.0. The maximum absolute atomic E-state index is 9.66. The quantitative estimate of drug-likeness (QED) is 0.885. The molecule has 0 atom stereocenters. The molecule has 0 unspecified atom stereocenters. The molecule has 0 aliphatic heterocycles. The molecule has 0 fully saturated rings. The summed E-state index contributed by atoms with van der Waals surface area (Å²) in [7, 11) is 0. The number of hydrogen-bond acceptors (Lipinski definition) is 2. The monoisotopic (exact) mass is 256 g/mol. The van der Waals surface area contributed by atoms with E-state index in [1.54, 1.807) is 12.1 Å². The molecule has 0 saturated carbocycles. The van der Waals surface area contributed by atoms with Crippen LogP contribution in [0.1, 0.15) is 45.4 Å². The van der Waals surface area contributed by atoms with E-state index >= 15 is 0 Å². The van der Waals surface area contributed by atoms with Crippen molar-refractivity contribution in [3.8, 4) is 11.8 Å². The lowest BCUT2D eigenvalue weighted by Gasteiger charge is -2.22. The minimum absolute atomic E-state index is 0.102. The highest BCUT2D eigenvalue weighted by molar-refractivity contribution is 5.89. The molecular weight excluding hydrogens is 236 g/mol. The highest BCUT2D eigenvalue weighted by Crippen LogP contribution is 2.35. The summed E-state index contributed by atoms with van der Waals surface area (Å²) in [5, 5.41) is 20.0. The average Bonchev–Trinajstić information content (AvgIpc) is 2.62. The maximum Gasteiger partial charge on any atom is 0.116 e. The van der Waals surface area contributed by atoms with Crippen LogP contribution in [-0.4, -0.2) is 9.67 Å². The highest BCUT2D eigenvalue weighted by Gasteiger charge is 2.26. The molecule has 2 rings (SSSR count). The minimum Gasteiger partial charge on any atom is -0.508 e. The van der Waals surface area contributed by atoms with Gasteiger partial charge in [-0.1, -0.05) is 27.7 Å². The van der Waals surface area contributed by atoms with Gasteiger partial charge in [-0.25, -0.2) is 0 Å². The third-order valence-corrected chi connectivity index (χ3v) is 3.32. The van der Waals surface area contributed by atoms with Crippen LogP contribution >= 0.6 is 0 Å². The van der Waals surface area contributed by atoms with Crippen molar-refractivity contribution in [2.75, 3.05) is 0 Å². The maximum atomic E-state index is 9.66. The Hall–Kier alpha value is -1.95. The number of benzene rings is 1. The van der Waals surface area contributed by atoms with E-state index in [1.165, 1.54) is 0 Å². The molecule has 1 N–H and O–H groups in total. The predicted molar refractivity (Wildman–Crippen MR) is 77.3 cm³/mol. The number of rotatable bonds is 2. The number of hydrogen-bond donors (Lipinski definition) is 1. The van der Waals surface area contributed by atoms with Gasteiger partial charge in [0.05, 0.1) is 5.56 Å². The van der Waals surface area contributed by atoms with Crippen LogP contribution in [-0.2, 0) is 12.0 Å². The lowest BCUT2D eigenvalue weighted by Crippen LogP contribution is -2.19. The molecule has 0 saturated heterocycles. The van der Waals surface area contributed by atoms with Gasteiger partial charge in [0, 0.05) is 28.6 Å². The van der Waals surface area contributed by atoms with E-state index in [2.05, 4.69) is 38.3 Å². The van der Waals surface area contributed by atoms with Crippen LogP contribution in [0, 0.1) is 11.3 Å². The van der Waals surface area contributed by atoms with Crippen LogP contribution < -0.4 is 0 Å². The zero-order chi connectivity index (χ0) is 14.2. The van der Waals surface area contributed by atoms with Crippen molar-refractivity contribution in [1.82, 2.24) is 4.57 Å². The Kier molecular flexibility index (Phi) is 3.28. The van der Waals surface area contributed by atoms with E-state index in [4.69, 9.17) is 0 Å². The van der Waals surface area contributed by atoms with E-state index in [9.17, 15) is 10.4 Å². The average molecular weight is 256 g/mol. The summed E-state index contributed by atoms with van der Waals surface area (Å²) >= 11 is 0. The lowest BCUT2D eigenvalue weighted by atomic mass is 9.89. The Morgan fingerprint density at radius 2 is 2.00 bits per heavy atom. The number of nitrogens with zero attached hydrogens (tertiary/aromatic N) is 2. The molecule has 0 aliphatic rings. The summed E-state index contributed by atoms with van der Waals surface area (Å²) in [4.78, 5) is 0. The summed E-state index contributed by atoms with van der Waals surface area (Å²) in [6, 6.07) is 7.59. The Labute approximate surface area is 114 Å². The van der Waals surface area contributed by atoms with E-state index in [1.807, 2.05) is 6.07 Å². The van der Waals surface area contributed by atoms with Gasteiger partial charge in [0.1, 0.15) is 11.8 Å². The number of aryl methyl sites for hydroxylation is 1. The van der Waals surface area contributed by atoms with Gasteiger partial charge < -0.3 is 9.67 Å². The summed E-state index contributed by atoms with van der Waals surface area (Å²) < 4.78 is 2.22. The van der Waals surface area contributed by atoms with E-state index in [0.29, 0.717) is 5.56 Å². The lowest BCUT2D eigenvalue weighted by molar-refractivity contribution is 0.476. The molecule has 19 heavy (non-hydrogen) atoms.